The van der Waals surface area contributed by atoms with Gasteiger partial charge in [0.15, 0.2) is 0 Å². The summed E-state index contributed by atoms with van der Waals surface area (Å²) in [4.78, 5) is 2.41. The molecule has 1 atom stereocenters. The van der Waals surface area contributed by atoms with Crippen molar-refractivity contribution in [2.45, 2.75) is 51.6 Å². The Morgan fingerprint density at radius 2 is 2.18 bits per heavy atom. The van der Waals surface area contributed by atoms with Crippen molar-refractivity contribution in [1.29, 1.82) is 5.26 Å². The lowest BCUT2D eigenvalue weighted by Crippen LogP contribution is -2.20. The molecule has 1 saturated heterocycles. The zero-order valence-electron chi connectivity index (χ0n) is 19.5. The van der Waals surface area contributed by atoms with E-state index in [1.807, 2.05) is 12.3 Å². The summed E-state index contributed by atoms with van der Waals surface area (Å²) in [5.74, 6) is 0.637. The van der Waals surface area contributed by atoms with Crippen LogP contribution in [0.3, 0.4) is 0 Å². The first-order valence-electron chi connectivity index (χ1n) is 11.3. The molecule has 0 bridgehead atoms. The monoisotopic (exact) mass is 593 g/mol. The molecule has 0 amide bonds. The van der Waals surface area contributed by atoms with Crippen molar-refractivity contribution in [2.75, 3.05) is 24.8 Å². The number of hydrogen-bond acceptors (Lipinski definition) is 6. The number of nitrogens with zero attached hydrogens (tertiary/aromatic N) is 2. The molecule has 1 N–H and O–H groups in total. The van der Waals surface area contributed by atoms with Gasteiger partial charge in [0.1, 0.15) is 0 Å². The van der Waals surface area contributed by atoms with Gasteiger partial charge in [0.25, 0.3) is 0 Å². The molecule has 2 aromatic rings. The number of ether oxygens (including phenoxy) is 1. The second-order valence-electron chi connectivity index (χ2n) is 8.26. The molecule has 2 heterocycles. The van der Waals surface area contributed by atoms with Gasteiger partial charge in [-0.25, -0.2) is 0 Å². The molecule has 0 radical (unpaired) electrons. The maximum Gasteiger partial charge on any atom is 0.0998 e. The predicted molar refractivity (Wildman–Crippen MR) is 153 cm³/mol. The number of aryl methyl sites for hydroxylation is 1. The summed E-state index contributed by atoms with van der Waals surface area (Å²) in [6, 6.07) is 13.5. The number of anilines is 1. The highest BCUT2D eigenvalue weighted by Crippen LogP contribution is 2.37. The Bertz CT molecular complexity index is 1030. The van der Waals surface area contributed by atoms with Crippen LogP contribution in [-0.4, -0.2) is 30.4 Å². The van der Waals surface area contributed by atoms with Crippen molar-refractivity contribution in [3.8, 4) is 6.07 Å². The highest BCUT2D eigenvalue weighted by Gasteiger charge is 2.27. The van der Waals surface area contributed by atoms with E-state index in [1.165, 1.54) is 16.8 Å². The fraction of sp³-hybridized carbons (Fsp3) is 0.423. The summed E-state index contributed by atoms with van der Waals surface area (Å²) in [5.41, 5.74) is 9.08. The van der Waals surface area contributed by atoms with Crippen LogP contribution in [0, 0.1) is 18.3 Å². The van der Waals surface area contributed by atoms with E-state index in [0.29, 0.717) is 11.8 Å². The second-order valence-corrected chi connectivity index (χ2v) is 11.5. The summed E-state index contributed by atoms with van der Waals surface area (Å²) in [5, 5.41) is 13.5. The molecule has 2 aliphatic rings. The topological polar surface area (TPSA) is 48.3 Å². The molecule has 4 rings (SSSR count). The molecule has 4 nitrogen and oxygen atoms in total. The number of rotatable bonds is 6. The molecule has 176 valence electrons. The molecule has 2 aromatic carbocycles. The first-order chi connectivity index (χ1) is 16.1. The lowest BCUT2D eigenvalue weighted by atomic mass is 9.95. The number of hydrogen-bond donors (Lipinski definition) is 2. The lowest BCUT2D eigenvalue weighted by molar-refractivity contribution is 0.195. The number of fused-ring (bicyclic) bond motifs is 1. The number of thiol groups is 1. The van der Waals surface area contributed by atoms with E-state index >= 15 is 0 Å². The number of allylic oxidation sites excluding steroid dienone is 1. The van der Waals surface area contributed by atoms with Gasteiger partial charge in [0.2, 0.25) is 0 Å². The second kappa shape index (κ2) is 12.9. The Kier molecular flexibility index (Phi) is 10.3. The summed E-state index contributed by atoms with van der Waals surface area (Å²) in [6.07, 6.45) is 6.26. The minimum absolute atomic E-state index is 0.386. The van der Waals surface area contributed by atoms with Crippen molar-refractivity contribution in [2.24, 2.45) is 0 Å². The van der Waals surface area contributed by atoms with E-state index in [9.17, 15) is 5.26 Å². The van der Waals surface area contributed by atoms with Crippen LogP contribution in [0.4, 0.5) is 5.69 Å². The van der Waals surface area contributed by atoms with E-state index in [4.69, 9.17) is 4.74 Å². The highest BCUT2D eigenvalue weighted by molar-refractivity contribution is 14.2. The Balaban J connectivity index is 0.000000968. The zero-order chi connectivity index (χ0) is 23.8. The van der Waals surface area contributed by atoms with Crippen molar-refractivity contribution in [3.63, 3.8) is 0 Å². The van der Waals surface area contributed by atoms with Gasteiger partial charge in [-0.1, -0.05) is 40.1 Å². The molecule has 0 saturated carbocycles. The molecule has 7 heteroatoms. The minimum Gasteiger partial charge on any atom is -0.380 e. The average Bonchev–Trinajstić information content (AvgIpc) is 3.48. The average molecular weight is 594 g/mol. The molecule has 1 unspecified atom stereocenters. The van der Waals surface area contributed by atoms with Crippen LogP contribution in [0.1, 0.15) is 53.1 Å². The molecule has 33 heavy (non-hydrogen) atoms. The van der Waals surface area contributed by atoms with Gasteiger partial charge < -0.3 is 15.0 Å². The van der Waals surface area contributed by atoms with Gasteiger partial charge >= 0.3 is 0 Å². The Labute approximate surface area is 220 Å². The predicted octanol–water partition coefficient (Wildman–Crippen LogP) is 6.96. The molecule has 0 spiro atoms. The van der Waals surface area contributed by atoms with E-state index < -0.39 is 0 Å². The van der Waals surface area contributed by atoms with Gasteiger partial charge in [0.05, 0.1) is 24.3 Å². The fourth-order valence-electron chi connectivity index (χ4n) is 4.56. The Morgan fingerprint density at radius 1 is 1.39 bits per heavy atom. The smallest absolute Gasteiger partial charge is 0.0998 e. The summed E-state index contributed by atoms with van der Waals surface area (Å²) in [6.45, 7) is 7.56. The zero-order valence-corrected chi connectivity index (χ0v) is 23.4. The fourth-order valence-corrected chi connectivity index (χ4v) is 4.74. The van der Waals surface area contributed by atoms with Gasteiger partial charge in [-0.3, -0.25) is 0 Å². The molecule has 0 aliphatic carbocycles. The van der Waals surface area contributed by atoms with Crippen LogP contribution in [0.15, 0.2) is 36.4 Å². The van der Waals surface area contributed by atoms with E-state index in [1.54, 1.807) is 8.93 Å². The first kappa shape index (κ1) is 26.3. The molecule has 1 fully saturated rings. The molecular weight excluding hydrogens is 561 g/mol. The molecular formula is C26H32IN3OS2. The van der Waals surface area contributed by atoms with E-state index in [-0.39, 0.29) is 0 Å². The van der Waals surface area contributed by atoms with Crippen molar-refractivity contribution >= 4 is 54.2 Å². The maximum absolute atomic E-state index is 9.86. The van der Waals surface area contributed by atoms with Gasteiger partial charge in [-0.05, 0) is 81.6 Å². The number of nitriles is 1. The first-order valence-corrected chi connectivity index (χ1v) is 15.7. The highest BCUT2D eigenvalue weighted by atomic mass is 127. The van der Waals surface area contributed by atoms with Crippen molar-refractivity contribution < 1.29 is 4.74 Å². The number of halogens is 1. The third-order valence-corrected chi connectivity index (χ3v) is 6.33. The van der Waals surface area contributed by atoms with Crippen LogP contribution in [0.25, 0.3) is 5.70 Å². The summed E-state index contributed by atoms with van der Waals surface area (Å²) in [7, 11) is 1.72. The Hall–Kier alpha value is -1.34. The largest absolute Gasteiger partial charge is 0.380 e. The Morgan fingerprint density at radius 3 is 2.82 bits per heavy atom. The molecule has 2 aliphatic heterocycles. The normalized spacial score (nSPS) is 17.3. The quantitative estimate of drug-likeness (QED) is 0.280. The minimum atomic E-state index is 0.386. The number of benzene rings is 2. The van der Waals surface area contributed by atoms with Crippen molar-refractivity contribution in [3.05, 3.63) is 69.8 Å². The van der Waals surface area contributed by atoms with Gasteiger partial charge in [0, 0.05) is 42.4 Å². The standard InChI is InChI=1S/C25H29N3OS.CH3IS/c1-3-5-24(25-17(2)10-18(16-30)11-20(25)12-26)28-13-19-6-4-7-23(22(19)14-28)27-21-8-9-29-15-21;1-3-2/h4-7,10-11,21,27,30H,3,8-9,13-16H2,1-2H3;1H3/b24-5+;. The number of nitrogens with one attached hydrogen (secondary N) is 1. The van der Waals surface area contributed by atoms with Gasteiger partial charge in [-0.2, -0.15) is 17.9 Å². The van der Waals surface area contributed by atoms with Crippen LogP contribution in [0.2, 0.25) is 0 Å². The lowest BCUT2D eigenvalue weighted by Gasteiger charge is -2.25. The van der Waals surface area contributed by atoms with Crippen LogP contribution < -0.4 is 5.32 Å². The van der Waals surface area contributed by atoms with E-state index in [0.717, 1.165) is 67.1 Å². The van der Waals surface area contributed by atoms with Crippen LogP contribution in [0.5, 0.6) is 0 Å². The van der Waals surface area contributed by atoms with Crippen LogP contribution in [-0.2, 0) is 23.6 Å². The molecule has 0 aromatic heterocycles. The van der Waals surface area contributed by atoms with Gasteiger partial charge in [-0.15, -0.1) is 0 Å². The SMILES string of the molecule is CC/C=C(\c1c(C)cc(CS)cc1C#N)N1Cc2cccc(NC3CCOC3)c2C1.CSI. The van der Waals surface area contributed by atoms with Crippen LogP contribution >= 0.6 is 42.8 Å². The third-order valence-electron chi connectivity index (χ3n) is 5.97. The van der Waals surface area contributed by atoms with Crippen molar-refractivity contribution in [1.82, 2.24) is 4.90 Å². The maximum atomic E-state index is 9.86. The van der Waals surface area contributed by atoms with E-state index in [2.05, 4.69) is 94.3 Å². The third kappa shape index (κ3) is 6.41. The summed E-state index contributed by atoms with van der Waals surface area (Å²) < 4.78 is 5.54. The summed E-state index contributed by atoms with van der Waals surface area (Å²) >= 11 is 6.61.